The fourth-order valence-electron chi connectivity index (χ4n) is 2.23. The number of benzene rings is 1. The van der Waals surface area contributed by atoms with Crippen molar-refractivity contribution in [2.24, 2.45) is 0 Å². The van der Waals surface area contributed by atoms with Crippen LogP contribution in [0.15, 0.2) is 24.3 Å². The molecule has 0 spiro atoms. The van der Waals surface area contributed by atoms with Crippen molar-refractivity contribution in [1.29, 1.82) is 0 Å². The van der Waals surface area contributed by atoms with E-state index in [2.05, 4.69) is 24.1 Å². The molecule has 0 bridgehead atoms. The summed E-state index contributed by atoms with van der Waals surface area (Å²) in [4.78, 5) is 2.49. The van der Waals surface area contributed by atoms with Gasteiger partial charge in [-0.3, -0.25) is 0 Å². The lowest BCUT2D eigenvalue weighted by atomic mass is 10.0. The maximum Gasteiger partial charge on any atom is 0.120 e. The molecule has 1 aliphatic rings. The number of hydrogen-bond acceptors (Lipinski definition) is 3. The Morgan fingerprint density at radius 1 is 1.21 bits per heavy atom. The quantitative estimate of drug-likeness (QED) is 0.899. The van der Waals surface area contributed by atoms with E-state index in [1.165, 1.54) is 0 Å². The van der Waals surface area contributed by atoms with Gasteiger partial charge in [-0.25, -0.2) is 0 Å². The number of hydrogen-bond donors (Lipinski definition) is 1. The minimum absolute atomic E-state index is 0.154. The topological polar surface area (TPSA) is 24.5 Å². The van der Waals surface area contributed by atoms with E-state index >= 15 is 0 Å². The van der Waals surface area contributed by atoms with E-state index in [0.717, 1.165) is 49.9 Å². The predicted octanol–water partition coefficient (Wildman–Crippen LogP) is 2.79. The lowest BCUT2D eigenvalue weighted by Crippen LogP contribution is -2.45. The molecule has 0 radical (unpaired) electrons. The van der Waals surface area contributed by atoms with Crippen molar-refractivity contribution in [2.45, 2.75) is 25.9 Å². The third-order valence-electron chi connectivity index (χ3n) is 3.45. The van der Waals surface area contributed by atoms with Crippen LogP contribution in [0.4, 0.5) is 0 Å². The zero-order chi connectivity index (χ0) is 13.7. The first-order valence-corrected chi connectivity index (χ1v) is 7.31. The van der Waals surface area contributed by atoms with Gasteiger partial charge in [0.05, 0.1) is 0 Å². The van der Waals surface area contributed by atoms with Crippen molar-refractivity contribution in [1.82, 2.24) is 10.2 Å². The molecule has 1 aromatic rings. The Morgan fingerprint density at radius 2 is 1.84 bits per heavy atom. The SMILES string of the molecule is CC(C)(CCN1CCNCC1)Oc1ccc(Cl)cc1. The molecule has 0 atom stereocenters. The molecule has 0 unspecified atom stereocenters. The minimum atomic E-state index is -0.154. The Bertz CT molecular complexity index is 386. The lowest BCUT2D eigenvalue weighted by Gasteiger charge is -2.32. The standard InChI is InChI=1S/C15H23ClN2O/c1-15(2,7-10-18-11-8-17-9-12-18)19-14-5-3-13(16)4-6-14/h3-6,17H,7-12H2,1-2H3. The highest BCUT2D eigenvalue weighted by molar-refractivity contribution is 6.30. The van der Waals surface area contributed by atoms with Crippen molar-refractivity contribution in [2.75, 3.05) is 32.7 Å². The van der Waals surface area contributed by atoms with Crippen LogP contribution in [0.5, 0.6) is 5.75 Å². The molecule has 0 aliphatic carbocycles. The lowest BCUT2D eigenvalue weighted by molar-refractivity contribution is 0.0809. The van der Waals surface area contributed by atoms with Crippen LogP contribution in [0.2, 0.25) is 5.02 Å². The van der Waals surface area contributed by atoms with Crippen molar-refractivity contribution in [3.05, 3.63) is 29.3 Å². The molecular formula is C15H23ClN2O. The van der Waals surface area contributed by atoms with Crippen LogP contribution < -0.4 is 10.1 Å². The van der Waals surface area contributed by atoms with E-state index in [0.29, 0.717) is 0 Å². The predicted molar refractivity (Wildman–Crippen MR) is 80.1 cm³/mol. The first kappa shape index (κ1) is 14.6. The monoisotopic (exact) mass is 282 g/mol. The van der Waals surface area contributed by atoms with Gasteiger partial charge in [0.1, 0.15) is 11.4 Å². The molecule has 1 aromatic carbocycles. The third kappa shape index (κ3) is 5.01. The summed E-state index contributed by atoms with van der Waals surface area (Å²) in [6.07, 6.45) is 1.02. The molecule has 106 valence electrons. The summed E-state index contributed by atoms with van der Waals surface area (Å²) in [5.41, 5.74) is -0.154. The highest BCUT2D eigenvalue weighted by atomic mass is 35.5. The summed E-state index contributed by atoms with van der Waals surface area (Å²) in [7, 11) is 0. The molecule has 4 heteroatoms. The largest absolute Gasteiger partial charge is 0.488 e. The van der Waals surface area contributed by atoms with Gasteiger partial charge >= 0.3 is 0 Å². The molecule has 0 saturated carbocycles. The van der Waals surface area contributed by atoms with Gasteiger partial charge in [-0.15, -0.1) is 0 Å². The van der Waals surface area contributed by atoms with Crippen LogP contribution in [0.25, 0.3) is 0 Å². The van der Waals surface area contributed by atoms with Crippen molar-refractivity contribution < 1.29 is 4.74 Å². The third-order valence-corrected chi connectivity index (χ3v) is 3.70. The smallest absolute Gasteiger partial charge is 0.120 e. The Balaban J connectivity index is 1.81. The summed E-state index contributed by atoms with van der Waals surface area (Å²) in [6, 6.07) is 7.58. The molecule has 1 saturated heterocycles. The second-order valence-electron chi connectivity index (χ2n) is 5.66. The maximum atomic E-state index is 6.05. The average Bonchev–Trinajstić information content (AvgIpc) is 2.40. The van der Waals surface area contributed by atoms with Crippen molar-refractivity contribution in [3.63, 3.8) is 0 Å². The first-order valence-electron chi connectivity index (χ1n) is 6.93. The van der Waals surface area contributed by atoms with Gasteiger partial charge in [-0.05, 0) is 44.5 Å². The number of ether oxygens (including phenoxy) is 1. The van der Waals surface area contributed by atoms with Gasteiger partial charge in [-0.1, -0.05) is 11.6 Å². The minimum Gasteiger partial charge on any atom is -0.488 e. The van der Waals surface area contributed by atoms with Gasteiger partial charge in [-0.2, -0.15) is 0 Å². The summed E-state index contributed by atoms with van der Waals surface area (Å²) >= 11 is 5.88. The van der Waals surface area contributed by atoms with E-state index < -0.39 is 0 Å². The zero-order valence-electron chi connectivity index (χ0n) is 11.8. The maximum absolute atomic E-state index is 6.05. The first-order chi connectivity index (χ1) is 9.05. The van der Waals surface area contributed by atoms with E-state index in [9.17, 15) is 0 Å². The molecule has 0 amide bonds. The Hall–Kier alpha value is -0.770. The van der Waals surface area contributed by atoms with Crippen LogP contribution in [0.1, 0.15) is 20.3 Å². The van der Waals surface area contributed by atoms with Gasteiger partial charge < -0.3 is 15.0 Å². The van der Waals surface area contributed by atoms with Crippen LogP contribution in [0.3, 0.4) is 0 Å². The van der Waals surface area contributed by atoms with Crippen LogP contribution in [-0.2, 0) is 0 Å². The molecule has 1 heterocycles. The second kappa shape index (κ2) is 6.60. The van der Waals surface area contributed by atoms with Gasteiger partial charge in [0.2, 0.25) is 0 Å². The fourth-order valence-corrected chi connectivity index (χ4v) is 2.36. The molecule has 3 nitrogen and oxygen atoms in total. The van der Waals surface area contributed by atoms with Crippen molar-refractivity contribution in [3.8, 4) is 5.75 Å². The molecule has 0 aromatic heterocycles. The Kier molecular flexibility index (Phi) is 5.08. The van der Waals surface area contributed by atoms with E-state index in [1.54, 1.807) is 0 Å². The Labute approximate surface area is 120 Å². The summed E-state index contributed by atoms with van der Waals surface area (Å²) < 4.78 is 6.05. The molecule has 1 N–H and O–H groups in total. The molecule has 19 heavy (non-hydrogen) atoms. The number of rotatable bonds is 5. The van der Waals surface area contributed by atoms with E-state index in [4.69, 9.17) is 16.3 Å². The number of nitrogens with one attached hydrogen (secondary N) is 1. The highest BCUT2D eigenvalue weighted by Gasteiger charge is 2.21. The second-order valence-corrected chi connectivity index (χ2v) is 6.09. The number of nitrogens with zero attached hydrogens (tertiary/aromatic N) is 1. The number of halogens is 1. The van der Waals surface area contributed by atoms with E-state index in [1.807, 2.05) is 24.3 Å². The van der Waals surface area contributed by atoms with E-state index in [-0.39, 0.29) is 5.60 Å². The molecule has 1 aliphatic heterocycles. The normalized spacial score (nSPS) is 17.4. The zero-order valence-corrected chi connectivity index (χ0v) is 12.5. The number of piperazine rings is 1. The summed E-state index contributed by atoms with van der Waals surface area (Å²) in [5, 5.41) is 4.11. The van der Waals surface area contributed by atoms with Gasteiger partial charge in [0.25, 0.3) is 0 Å². The molecule has 1 fully saturated rings. The fraction of sp³-hybridized carbons (Fsp3) is 0.600. The molecule has 2 rings (SSSR count). The van der Waals surface area contributed by atoms with Crippen molar-refractivity contribution >= 4 is 11.6 Å². The van der Waals surface area contributed by atoms with Gasteiger partial charge in [0.15, 0.2) is 0 Å². The van der Waals surface area contributed by atoms with Gasteiger partial charge in [0, 0.05) is 37.7 Å². The molecular weight excluding hydrogens is 260 g/mol. The summed E-state index contributed by atoms with van der Waals surface area (Å²) in [6.45, 7) is 9.83. The van der Waals surface area contributed by atoms with Crippen LogP contribution >= 0.6 is 11.6 Å². The summed E-state index contributed by atoms with van der Waals surface area (Å²) in [5.74, 6) is 0.884. The average molecular weight is 283 g/mol. The van der Waals surface area contributed by atoms with Crippen LogP contribution in [-0.4, -0.2) is 43.2 Å². The Morgan fingerprint density at radius 3 is 2.47 bits per heavy atom. The van der Waals surface area contributed by atoms with Crippen LogP contribution in [0, 0.1) is 0 Å². The highest BCUT2D eigenvalue weighted by Crippen LogP contribution is 2.23.